The van der Waals surface area contributed by atoms with E-state index in [9.17, 15) is 14.4 Å². The van der Waals surface area contributed by atoms with Gasteiger partial charge in [0.05, 0.1) is 0 Å². The van der Waals surface area contributed by atoms with Gasteiger partial charge in [0, 0.05) is 25.7 Å². The molecule has 1 N–H and O–H groups in total. The van der Waals surface area contributed by atoms with E-state index in [4.69, 9.17) is 15.3 Å². The lowest BCUT2D eigenvalue weighted by atomic mass is 9.85. The summed E-state index contributed by atoms with van der Waals surface area (Å²) in [4.78, 5) is 47.0. The van der Waals surface area contributed by atoms with Crippen LogP contribution in [0.2, 0.25) is 0 Å². The molecule has 0 saturated carbocycles. The quantitative estimate of drug-likeness (QED) is 0.0540. The third kappa shape index (κ3) is 20.1. The molecule has 0 bridgehead atoms. The molecule has 0 amide bonds. The van der Waals surface area contributed by atoms with Gasteiger partial charge < -0.3 is 5.21 Å². The fraction of sp³-hybridized carbons (Fsp3) is 0.885. The Hall–Kier alpha value is -1.36. The van der Waals surface area contributed by atoms with E-state index in [0.717, 1.165) is 57.8 Å². The van der Waals surface area contributed by atoms with Gasteiger partial charge in [0.15, 0.2) is 11.6 Å². The predicted octanol–water partition coefficient (Wildman–Crippen LogP) is 7.43. The number of carbonyl (C=O) groups is 3. The van der Waals surface area contributed by atoms with Crippen molar-refractivity contribution in [1.82, 2.24) is 0 Å². The number of nitrogens with zero attached hydrogens (tertiary/aromatic N) is 1. The Balaban J connectivity index is 0. The smallest absolute Gasteiger partial charge is 0.291 e. The topological polar surface area (TPSA) is 115 Å². The van der Waals surface area contributed by atoms with Crippen molar-refractivity contribution in [2.75, 3.05) is 0 Å². The van der Waals surface area contributed by atoms with Crippen molar-refractivity contribution in [3.05, 3.63) is 10.1 Å². The number of rotatable bonds is 22. The maximum atomic E-state index is 13.0. The van der Waals surface area contributed by atoms with E-state index in [0.29, 0.717) is 19.3 Å². The summed E-state index contributed by atoms with van der Waals surface area (Å²) in [6, 6.07) is 0. The molecule has 1 atom stereocenters. The van der Waals surface area contributed by atoms with Crippen molar-refractivity contribution in [3.8, 4) is 0 Å². The van der Waals surface area contributed by atoms with Crippen LogP contribution in [0.25, 0.3) is 0 Å². The van der Waals surface area contributed by atoms with E-state index in [1.165, 1.54) is 38.5 Å². The van der Waals surface area contributed by atoms with Crippen LogP contribution in [-0.4, -0.2) is 32.8 Å². The standard InChI is InChI=1S/C26H49O3P.HNO3/c1-4-7-10-13-16-19-23(27)22-26(30,24(28)20-17-14-11-8-5-2)25(29)21-18-15-12-9-6-3;2-1(3)4/h4-22,30H2,1-3H3;(H,2,3,4). The highest BCUT2D eigenvalue weighted by molar-refractivity contribution is 7.23. The zero-order valence-corrected chi connectivity index (χ0v) is 23.1. The molecule has 0 rings (SSSR count). The minimum Gasteiger partial charge on any atom is -0.328 e. The summed E-state index contributed by atoms with van der Waals surface area (Å²) < 4.78 is 0. The maximum Gasteiger partial charge on any atom is 0.291 e. The highest BCUT2D eigenvalue weighted by Crippen LogP contribution is 2.31. The lowest BCUT2D eigenvalue weighted by molar-refractivity contribution is -0.742. The van der Waals surface area contributed by atoms with Gasteiger partial charge in [-0.2, -0.15) is 0 Å². The van der Waals surface area contributed by atoms with Crippen molar-refractivity contribution in [1.29, 1.82) is 0 Å². The molecule has 0 spiro atoms. The lowest BCUT2D eigenvalue weighted by Crippen LogP contribution is -2.42. The van der Waals surface area contributed by atoms with E-state index in [1.54, 1.807) is 0 Å². The van der Waals surface area contributed by atoms with Crippen LogP contribution >= 0.6 is 9.24 Å². The van der Waals surface area contributed by atoms with Crippen molar-refractivity contribution < 1.29 is 24.7 Å². The monoisotopic (exact) mass is 503 g/mol. The Morgan fingerprint density at radius 2 is 0.971 bits per heavy atom. The molecule has 7 nitrogen and oxygen atoms in total. The average molecular weight is 504 g/mol. The zero-order valence-electron chi connectivity index (χ0n) is 21.9. The van der Waals surface area contributed by atoms with Gasteiger partial charge in [-0.3, -0.25) is 14.4 Å². The molecule has 0 aliphatic heterocycles. The number of unbranched alkanes of at least 4 members (excludes halogenated alkanes) is 12. The van der Waals surface area contributed by atoms with Crippen LogP contribution < -0.4 is 0 Å². The zero-order chi connectivity index (χ0) is 26.2. The largest absolute Gasteiger partial charge is 0.328 e. The van der Waals surface area contributed by atoms with Gasteiger partial charge in [-0.25, -0.2) is 0 Å². The average Bonchev–Trinajstić information content (AvgIpc) is 2.77. The second-order valence-electron chi connectivity index (χ2n) is 9.26. The summed E-state index contributed by atoms with van der Waals surface area (Å²) in [5.74, 6) is -0.0102. The van der Waals surface area contributed by atoms with Crippen molar-refractivity contribution in [2.45, 2.75) is 148 Å². The molecule has 0 radical (unpaired) electrons. The molecule has 0 aliphatic carbocycles. The van der Waals surface area contributed by atoms with E-state index in [-0.39, 0.29) is 23.8 Å². The third-order valence-corrected chi connectivity index (χ3v) is 6.89. The lowest BCUT2D eigenvalue weighted by Gasteiger charge is -2.26. The van der Waals surface area contributed by atoms with Gasteiger partial charge in [-0.15, -0.1) is 19.4 Å². The summed E-state index contributed by atoms with van der Waals surface area (Å²) in [5, 5.41) is 12.5. The Labute approximate surface area is 209 Å². The van der Waals surface area contributed by atoms with Crippen LogP contribution in [0.4, 0.5) is 0 Å². The highest BCUT2D eigenvalue weighted by atomic mass is 31.0. The number of carbonyl (C=O) groups excluding carboxylic acids is 3. The third-order valence-electron chi connectivity index (χ3n) is 6.05. The predicted molar refractivity (Wildman–Crippen MR) is 141 cm³/mol. The Kier molecular flexibility index (Phi) is 23.9. The van der Waals surface area contributed by atoms with E-state index < -0.39 is 10.2 Å². The summed E-state index contributed by atoms with van der Waals surface area (Å²) in [6.07, 6.45) is 17.6. The molecule has 0 aromatic heterocycles. The van der Waals surface area contributed by atoms with Crippen LogP contribution in [0, 0.1) is 10.1 Å². The molecule has 1 unspecified atom stereocenters. The van der Waals surface area contributed by atoms with Crippen LogP contribution in [-0.2, 0) is 14.4 Å². The van der Waals surface area contributed by atoms with Gasteiger partial charge in [-0.05, 0) is 19.3 Å². The first-order valence-electron chi connectivity index (χ1n) is 13.4. The number of Topliss-reactive ketones (excluding diaryl/α,β-unsaturated/α-hetero) is 3. The van der Waals surface area contributed by atoms with Crippen LogP contribution in [0.3, 0.4) is 0 Å². The van der Waals surface area contributed by atoms with Gasteiger partial charge in [0.1, 0.15) is 10.9 Å². The Morgan fingerprint density at radius 1 is 0.676 bits per heavy atom. The van der Waals surface area contributed by atoms with E-state index in [2.05, 4.69) is 30.0 Å². The van der Waals surface area contributed by atoms with E-state index >= 15 is 0 Å². The van der Waals surface area contributed by atoms with E-state index in [1.807, 2.05) is 0 Å². The van der Waals surface area contributed by atoms with Gasteiger partial charge in [0.2, 0.25) is 0 Å². The first-order chi connectivity index (χ1) is 16.1. The molecule has 0 aromatic carbocycles. The Bertz CT molecular complexity index is 537. The van der Waals surface area contributed by atoms with Crippen molar-refractivity contribution in [2.24, 2.45) is 0 Å². The molecular formula is C26H50NO6P. The summed E-state index contributed by atoms with van der Waals surface area (Å²) in [7, 11) is 2.53. The molecular weight excluding hydrogens is 453 g/mol. The number of hydrogen-bond donors (Lipinski definition) is 1. The Morgan fingerprint density at radius 3 is 1.29 bits per heavy atom. The minimum absolute atomic E-state index is 0.0399. The minimum atomic E-state index is -1.50. The van der Waals surface area contributed by atoms with Crippen LogP contribution in [0.15, 0.2) is 0 Å². The molecule has 200 valence electrons. The van der Waals surface area contributed by atoms with Crippen molar-refractivity contribution >= 4 is 26.6 Å². The number of hydrogen-bond acceptors (Lipinski definition) is 5. The summed E-state index contributed by atoms with van der Waals surface area (Å²) >= 11 is 0. The first-order valence-corrected chi connectivity index (χ1v) is 13.9. The molecule has 0 fully saturated rings. The SMILES string of the molecule is CCCCCCCC(=O)CC(P)(C(=O)CCCCCCC)C(=O)CCCCCCC.O=[N+]([O-])O. The number of ketones is 3. The molecule has 0 heterocycles. The molecule has 0 aromatic rings. The second-order valence-corrected chi connectivity index (χ2v) is 10.2. The van der Waals surface area contributed by atoms with Crippen LogP contribution in [0.5, 0.6) is 0 Å². The second kappa shape index (κ2) is 23.4. The summed E-state index contributed by atoms with van der Waals surface area (Å²) in [6.45, 7) is 6.52. The maximum absolute atomic E-state index is 13.0. The molecule has 8 heteroatoms. The molecule has 0 aliphatic rings. The fourth-order valence-corrected chi connectivity index (χ4v) is 4.42. The van der Waals surface area contributed by atoms with Gasteiger partial charge >= 0.3 is 0 Å². The first kappa shape index (κ1) is 34.8. The molecule has 34 heavy (non-hydrogen) atoms. The highest BCUT2D eigenvalue weighted by Gasteiger charge is 2.41. The van der Waals surface area contributed by atoms with Gasteiger partial charge in [0.25, 0.3) is 5.09 Å². The summed E-state index contributed by atoms with van der Waals surface area (Å²) in [5.41, 5.74) is 0. The fourth-order valence-electron chi connectivity index (χ4n) is 3.90. The molecule has 0 saturated heterocycles. The van der Waals surface area contributed by atoms with Crippen LogP contribution in [0.1, 0.15) is 143 Å². The van der Waals surface area contributed by atoms with Crippen molar-refractivity contribution in [3.63, 3.8) is 0 Å². The van der Waals surface area contributed by atoms with Gasteiger partial charge in [-0.1, -0.05) is 97.8 Å². The normalized spacial score (nSPS) is 10.9.